The molecular formula is C29H30N2O5. The van der Waals surface area contributed by atoms with E-state index in [-0.39, 0.29) is 42.5 Å². The third kappa shape index (κ3) is 3.55. The summed E-state index contributed by atoms with van der Waals surface area (Å²) in [6.07, 6.45) is 3.18. The average Bonchev–Trinajstić information content (AvgIpc) is 3.58. The van der Waals surface area contributed by atoms with Crippen molar-refractivity contribution in [2.24, 2.45) is 29.6 Å². The Balaban J connectivity index is 1.16. The highest BCUT2D eigenvalue weighted by Crippen LogP contribution is 2.56. The molecule has 4 fully saturated rings. The number of imide groups is 1. The van der Waals surface area contributed by atoms with Crippen molar-refractivity contribution in [3.63, 3.8) is 0 Å². The third-order valence-corrected chi connectivity index (χ3v) is 8.53. The van der Waals surface area contributed by atoms with E-state index < -0.39 is 11.9 Å². The standard InChI is InChI=1S/C29H30N2O5/c1-15-8-16(2)10-21(9-15)30-14-20(13-24(30)32)29(35)36-22-6-7-23(17(3)11-22)31-27(33)25-18-4-5-19(12-18)26(25)28(31)34/h6-11,18-20,25-26H,4-5,12-14H2,1-3H3/t18-,19-,20+,25-,26-/m0/s1. The van der Waals surface area contributed by atoms with E-state index in [2.05, 4.69) is 0 Å². The molecule has 7 heteroatoms. The van der Waals surface area contributed by atoms with Gasteiger partial charge in [-0.3, -0.25) is 19.2 Å². The largest absolute Gasteiger partial charge is 0.426 e. The highest BCUT2D eigenvalue weighted by Gasteiger charge is 2.61. The number of benzene rings is 2. The maximum atomic E-state index is 13.2. The maximum Gasteiger partial charge on any atom is 0.316 e. The van der Waals surface area contributed by atoms with Gasteiger partial charge in [0.25, 0.3) is 0 Å². The van der Waals surface area contributed by atoms with Gasteiger partial charge in [0, 0.05) is 18.7 Å². The van der Waals surface area contributed by atoms with E-state index in [4.69, 9.17) is 4.74 Å². The summed E-state index contributed by atoms with van der Waals surface area (Å²) in [5.74, 6) is -0.615. The van der Waals surface area contributed by atoms with Crippen molar-refractivity contribution in [1.29, 1.82) is 0 Å². The summed E-state index contributed by atoms with van der Waals surface area (Å²) in [6, 6.07) is 10.9. The molecule has 0 spiro atoms. The topological polar surface area (TPSA) is 84.0 Å². The second-order valence-corrected chi connectivity index (χ2v) is 11.0. The lowest BCUT2D eigenvalue weighted by molar-refractivity contribution is -0.139. The Hall–Kier alpha value is -3.48. The molecule has 2 saturated carbocycles. The molecule has 4 aliphatic rings. The number of anilines is 2. The molecule has 3 amide bonds. The molecule has 0 unspecified atom stereocenters. The Morgan fingerprint density at radius 2 is 1.53 bits per heavy atom. The number of fused-ring (bicyclic) bond motifs is 5. The minimum Gasteiger partial charge on any atom is -0.426 e. The Labute approximate surface area is 210 Å². The summed E-state index contributed by atoms with van der Waals surface area (Å²) in [4.78, 5) is 54.9. The van der Waals surface area contributed by atoms with Crippen molar-refractivity contribution in [3.8, 4) is 5.75 Å². The molecule has 2 aliphatic heterocycles. The Bertz CT molecular complexity index is 1270. The van der Waals surface area contributed by atoms with Gasteiger partial charge in [-0.05, 0) is 98.9 Å². The van der Waals surface area contributed by atoms with E-state index in [0.29, 0.717) is 28.8 Å². The Morgan fingerprint density at radius 3 is 2.14 bits per heavy atom. The van der Waals surface area contributed by atoms with Crippen LogP contribution in [0.1, 0.15) is 42.4 Å². The van der Waals surface area contributed by atoms with Gasteiger partial charge in [0.1, 0.15) is 5.75 Å². The number of carbonyl (C=O) groups excluding carboxylic acids is 4. The molecule has 2 aromatic carbocycles. The van der Waals surface area contributed by atoms with Crippen LogP contribution in [0.5, 0.6) is 5.75 Å². The highest BCUT2D eigenvalue weighted by molar-refractivity contribution is 6.23. The van der Waals surface area contributed by atoms with Gasteiger partial charge in [-0.1, -0.05) is 6.07 Å². The second kappa shape index (κ2) is 8.29. The minimum absolute atomic E-state index is 0.0824. The van der Waals surface area contributed by atoms with Crippen LogP contribution >= 0.6 is 0 Å². The van der Waals surface area contributed by atoms with Crippen molar-refractivity contribution in [3.05, 3.63) is 53.1 Å². The number of ether oxygens (including phenoxy) is 1. The molecule has 0 aromatic heterocycles. The lowest BCUT2D eigenvalue weighted by Gasteiger charge is -2.20. The van der Waals surface area contributed by atoms with Crippen LogP contribution in [0.3, 0.4) is 0 Å². The molecule has 2 bridgehead atoms. The molecule has 2 aliphatic carbocycles. The number of nitrogens with zero attached hydrogens (tertiary/aromatic N) is 2. The van der Waals surface area contributed by atoms with E-state index in [0.717, 1.165) is 36.1 Å². The van der Waals surface area contributed by atoms with Gasteiger partial charge in [0.15, 0.2) is 0 Å². The van der Waals surface area contributed by atoms with Gasteiger partial charge < -0.3 is 9.64 Å². The number of amides is 3. The average molecular weight is 487 g/mol. The fraction of sp³-hybridized carbons (Fsp3) is 0.448. The summed E-state index contributed by atoms with van der Waals surface area (Å²) in [6.45, 7) is 6.06. The van der Waals surface area contributed by atoms with Crippen LogP contribution in [0.4, 0.5) is 11.4 Å². The first-order valence-electron chi connectivity index (χ1n) is 12.8. The summed E-state index contributed by atoms with van der Waals surface area (Å²) >= 11 is 0. The normalized spacial score (nSPS) is 28.9. The van der Waals surface area contributed by atoms with Crippen LogP contribution in [0, 0.1) is 50.4 Å². The highest BCUT2D eigenvalue weighted by atomic mass is 16.5. The molecule has 36 heavy (non-hydrogen) atoms. The zero-order valence-corrected chi connectivity index (χ0v) is 20.8. The molecule has 7 nitrogen and oxygen atoms in total. The Kier molecular flexibility index (Phi) is 5.28. The first-order chi connectivity index (χ1) is 17.2. The van der Waals surface area contributed by atoms with E-state index in [1.54, 1.807) is 23.1 Å². The van der Waals surface area contributed by atoms with Crippen LogP contribution in [0.2, 0.25) is 0 Å². The van der Waals surface area contributed by atoms with Gasteiger partial charge in [-0.25, -0.2) is 4.90 Å². The predicted molar refractivity (Wildman–Crippen MR) is 133 cm³/mol. The van der Waals surface area contributed by atoms with E-state index >= 15 is 0 Å². The lowest BCUT2D eigenvalue weighted by atomic mass is 9.81. The lowest BCUT2D eigenvalue weighted by Crippen LogP contribution is -2.33. The first kappa shape index (κ1) is 23.0. The molecule has 2 saturated heterocycles. The fourth-order valence-electron chi connectivity index (χ4n) is 7.01. The molecular weight excluding hydrogens is 456 g/mol. The molecule has 5 atom stereocenters. The maximum absolute atomic E-state index is 13.2. The zero-order chi connectivity index (χ0) is 25.3. The van der Waals surface area contributed by atoms with Crippen molar-refractivity contribution >= 4 is 35.1 Å². The summed E-state index contributed by atoms with van der Waals surface area (Å²) in [5.41, 5.74) is 4.19. The van der Waals surface area contributed by atoms with Crippen LogP contribution < -0.4 is 14.5 Å². The summed E-state index contributed by atoms with van der Waals surface area (Å²) in [5, 5.41) is 0. The van der Waals surface area contributed by atoms with Gasteiger partial charge in [0.05, 0.1) is 23.4 Å². The van der Waals surface area contributed by atoms with Gasteiger partial charge >= 0.3 is 5.97 Å². The minimum atomic E-state index is -0.560. The molecule has 6 rings (SSSR count). The van der Waals surface area contributed by atoms with Crippen LogP contribution in [-0.4, -0.2) is 30.2 Å². The van der Waals surface area contributed by atoms with Crippen LogP contribution in [-0.2, 0) is 19.2 Å². The van der Waals surface area contributed by atoms with Crippen molar-refractivity contribution in [2.75, 3.05) is 16.3 Å². The second-order valence-electron chi connectivity index (χ2n) is 11.0. The van der Waals surface area contributed by atoms with E-state index in [1.807, 2.05) is 39.0 Å². The number of esters is 1. The first-order valence-corrected chi connectivity index (χ1v) is 12.8. The number of carbonyl (C=O) groups is 4. The molecule has 0 N–H and O–H groups in total. The molecule has 186 valence electrons. The number of aryl methyl sites for hydroxylation is 3. The van der Waals surface area contributed by atoms with Crippen molar-refractivity contribution < 1.29 is 23.9 Å². The van der Waals surface area contributed by atoms with Gasteiger partial charge in [0.2, 0.25) is 17.7 Å². The third-order valence-electron chi connectivity index (χ3n) is 8.53. The SMILES string of the molecule is Cc1cc(C)cc(N2C[C@H](C(=O)Oc3ccc(N4C(=O)[C@H]5[C@H]6CC[C@@H](C6)[C@@H]5C4=O)c(C)c3)CC2=O)c1. The Morgan fingerprint density at radius 1 is 0.889 bits per heavy atom. The van der Waals surface area contributed by atoms with Crippen LogP contribution in [0.25, 0.3) is 0 Å². The van der Waals surface area contributed by atoms with Crippen LogP contribution in [0.15, 0.2) is 36.4 Å². The smallest absolute Gasteiger partial charge is 0.316 e. The van der Waals surface area contributed by atoms with Gasteiger partial charge in [-0.15, -0.1) is 0 Å². The quantitative estimate of drug-likeness (QED) is 0.369. The van der Waals surface area contributed by atoms with E-state index in [9.17, 15) is 19.2 Å². The molecule has 2 aromatic rings. The zero-order valence-electron chi connectivity index (χ0n) is 20.8. The molecule has 2 heterocycles. The number of rotatable bonds is 4. The number of hydrogen-bond acceptors (Lipinski definition) is 5. The monoisotopic (exact) mass is 486 g/mol. The fourth-order valence-corrected chi connectivity index (χ4v) is 7.01. The summed E-state index contributed by atoms with van der Waals surface area (Å²) in [7, 11) is 0. The van der Waals surface area contributed by atoms with Crippen molar-refractivity contribution in [1.82, 2.24) is 0 Å². The number of hydrogen-bond donors (Lipinski definition) is 0. The summed E-state index contributed by atoms with van der Waals surface area (Å²) < 4.78 is 5.64. The van der Waals surface area contributed by atoms with E-state index in [1.165, 1.54) is 4.90 Å². The molecule has 0 radical (unpaired) electrons. The van der Waals surface area contributed by atoms with Crippen molar-refractivity contribution in [2.45, 2.75) is 46.5 Å². The van der Waals surface area contributed by atoms with Gasteiger partial charge in [-0.2, -0.15) is 0 Å². The predicted octanol–water partition coefficient (Wildman–Crippen LogP) is 4.11.